The SMILES string of the molecule is CCNC1(C(N)=O)CCC(Oc2ccccc2C(C)C)C1. The fourth-order valence-corrected chi connectivity index (χ4v) is 3.16. The number of primary amides is 1. The smallest absolute Gasteiger partial charge is 0.237 e. The van der Waals surface area contributed by atoms with Crippen molar-refractivity contribution in [1.29, 1.82) is 0 Å². The van der Waals surface area contributed by atoms with Crippen molar-refractivity contribution in [3.05, 3.63) is 29.8 Å². The van der Waals surface area contributed by atoms with E-state index in [0.717, 1.165) is 25.1 Å². The van der Waals surface area contributed by atoms with Crippen LogP contribution in [0, 0.1) is 0 Å². The second kappa shape index (κ2) is 6.48. The molecule has 1 aliphatic carbocycles. The fraction of sp³-hybridized carbons (Fsp3) is 0.588. The number of likely N-dealkylation sites (N-methyl/N-ethyl adjacent to an activating group) is 1. The monoisotopic (exact) mass is 290 g/mol. The summed E-state index contributed by atoms with van der Waals surface area (Å²) >= 11 is 0. The van der Waals surface area contributed by atoms with Gasteiger partial charge in [0.25, 0.3) is 0 Å². The lowest BCUT2D eigenvalue weighted by molar-refractivity contribution is -0.124. The average Bonchev–Trinajstić information content (AvgIpc) is 2.84. The van der Waals surface area contributed by atoms with E-state index in [0.29, 0.717) is 12.3 Å². The molecule has 4 nitrogen and oxygen atoms in total. The highest BCUT2D eigenvalue weighted by Crippen LogP contribution is 2.35. The van der Waals surface area contributed by atoms with Gasteiger partial charge in [-0.1, -0.05) is 39.0 Å². The van der Waals surface area contributed by atoms with Crippen LogP contribution in [0.3, 0.4) is 0 Å². The van der Waals surface area contributed by atoms with Gasteiger partial charge in [0.2, 0.25) is 5.91 Å². The third kappa shape index (κ3) is 3.38. The summed E-state index contributed by atoms with van der Waals surface area (Å²) < 4.78 is 6.17. The number of hydrogen-bond donors (Lipinski definition) is 2. The van der Waals surface area contributed by atoms with Crippen LogP contribution in [0.25, 0.3) is 0 Å². The average molecular weight is 290 g/mol. The summed E-state index contributed by atoms with van der Waals surface area (Å²) in [5, 5.41) is 3.26. The number of ether oxygens (including phenoxy) is 1. The number of carbonyl (C=O) groups is 1. The molecule has 4 heteroatoms. The Morgan fingerprint density at radius 2 is 2.19 bits per heavy atom. The normalized spacial score (nSPS) is 25.2. The summed E-state index contributed by atoms with van der Waals surface area (Å²) in [7, 11) is 0. The van der Waals surface area contributed by atoms with Crippen molar-refractivity contribution in [3.63, 3.8) is 0 Å². The minimum Gasteiger partial charge on any atom is -0.490 e. The maximum Gasteiger partial charge on any atom is 0.237 e. The second-order valence-electron chi connectivity index (χ2n) is 6.15. The van der Waals surface area contributed by atoms with Crippen LogP contribution >= 0.6 is 0 Å². The number of benzene rings is 1. The van der Waals surface area contributed by atoms with Gasteiger partial charge in [-0.3, -0.25) is 4.79 Å². The lowest BCUT2D eigenvalue weighted by atomic mass is 9.96. The van der Waals surface area contributed by atoms with Crippen LogP contribution in [-0.4, -0.2) is 24.1 Å². The van der Waals surface area contributed by atoms with E-state index in [1.165, 1.54) is 5.56 Å². The molecule has 0 bridgehead atoms. The Morgan fingerprint density at radius 3 is 2.81 bits per heavy atom. The van der Waals surface area contributed by atoms with Gasteiger partial charge in [-0.2, -0.15) is 0 Å². The molecule has 2 atom stereocenters. The summed E-state index contributed by atoms with van der Waals surface area (Å²) in [4.78, 5) is 11.8. The van der Waals surface area contributed by atoms with Gasteiger partial charge in [-0.05, 0) is 36.9 Å². The number of nitrogens with one attached hydrogen (secondary N) is 1. The zero-order chi connectivity index (χ0) is 15.5. The molecule has 0 spiro atoms. The van der Waals surface area contributed by atoms with Crippen LogP contribution < -0.4 is 15.8 Å². The molecule has 1 aromatic carbocycles. The van der Waals surface area contributed by atoms with Crippen molar-refractivity contribution < 1.29 is 9.53 Å². The van der Waals surface area contributed by atoms with E-state index in [2.05, 4.69) is 25.2 Å². The Bertz CT molecular complexity index is 501. The van der Waals surface area contributed by atoms with Crippen molar-refractivity contribution in [3.8, 4) is 5.75 Å². The molecule has 1 aliphatic rings. The first-order valence-electron chi connectivity index (χ1n) is 7.79. The molecule has 1 amide bonds. The zero-order valence-corrected chi connectivity index (χ0v) is 13.2. The number of hydrogen-bond acceptors (Lipinski definition) is 3. The third-order valence-electron chi connectivity index (χ3n) is 4.29. The standard InChI is InChI=1S/C17H26N2O2/c1-4-19-17(16(18)20)10-9-13(11-17)21-15-8-6-5-7-14(15)12(2)3/h5-8,12-13,19H,4,9-11H2,1-3H3,(H2,18,20). The van der Waals surface area contributed by atoms with E-state index in [-0.39, 0.29) is 12.0 Å². The highest BCUT2D eigenvalue weighted by atomic mass is 16.5. The highest BCUT2D eigenvalue weighted by molar-refractivity contribution is 5.85. The van der Waals surface area contributed by atoms with Crippen molar-refractivity contribution in [2.24, 2.45) is 5.73 Å². The molecule has 2 rings (SSSR count). The van der Waals surface area contributed by atoms with Crippen molar-refractivity contribution in [2.75, 3.05) is 6.54 Å². The molecule has 0 aromatic heterocycles. The highest BCUT2D eigenvalue weighted by Gasteiger charge is 2.44. The van der Waals surface area contributed by atoms with E-state index in [9.17, 15) is 4.79 Å². The maximum absolute atomic E-state index is 11.8. The number of amides is 1. The molecule has 1 fully saturated rings. The predicted molar refractivity (Wildman–Crippen MR) is 84.4 cm³/mol. The molecule has 116 valence electrons. The van der Waals surface area contributed by atoms with Gasteiger partial charge < -0.3 is 15.8 Å². The van der Waals surface area contributed by atoms with Crippen LogP contribution in [0.15, 0.2) is 24.3 Å². The van der Waals surface area contributed by atoms with Crippen LogP contribution in [0.4, 0.5) is 0 Å². The van der Waals surface area contributed by atoms with Crippen molar-refractivity contribution in [1.82, 2.24) is 5.32 Å². The summed E-state index contributed by atoms with van der Waals surface area (Å²) in [6, 6.07) is 8.12. The van der Waals surface area contributed by atoms with Gasteiger partial charge in [0.1, 0.15) is 17.4 Å². The summed E-state index contributed by atoms with van der Waals surface area (Å²) in [6.45, 7) is 7.04. The minimum atomic E-state index is -0.605. The lowest BCUT2D eigenvalue weighted by Gasteiger charge is -2.26. The zero-order valence-electron chi connectivity index (χ0n) is 13.2. The Kier molecular flexibility index (Phi) is 4.88. The topological polar surface area (TPSA) is 64.3 Å². The Labute approximate surface area is 127 Å². The predicted octanol–water partition coefficient (Wildman–Crippen LogP) is 2.57. The van der Waals surface area contributed by atoms with Gasteiger partial charge in [0.15, 0.2) is 0 Å². The Morgan fingerprint density at radius 1 is 1.48 bits per heavy atom. The van der Waals surface area contributed by atoms with E-state index in [1.54, 1.807) is 0 Å². The van der Waals surface area contributed by atoms with E-state index < -0.39 is 5.54 Å². The summed E-state index contributed by atoms with van der Waals surface area (Å²) in [6.07, 6.45) is 2.27. The fourth-order valence-electron chi connectivity index (χ4n) is 3.16. The quantitative estimate of drug-likeness (QED) is 0.846. The largest absolute Gasteiger partial charge is 0.490 e. The maximum atomic E-state index is 11.8. The van der Waals surface area contributed by atoms with E-state index in [1.807, 2.05) is 25.1 Å². The molecule has 0 radical (unpaired) electrons. The van der Waals surface area contributed by atoms with Crippen LogP contribution in [0.1, 0.15) is 51.5 Å². The molecule has 3 N–H and O–H groups in total. The second-order valence-corrected chi connectivity index (χ2v) is 6.15. The molecule has 1 aromatic rings. The van der Waals surface area contributed by atoms with E-state index in [4.69, 9.17) is 10.5 Å². The van der Waals surface area contributed by atoms with Crippen LogP contribution in [0.5, 0.6) is 5.75 Å². The Balaban J connectivity index is 2.11. The number of para-hydroxylation sites is 1. The van der Waals surface area contributed by atoms with Gasteiger partial charge >= 0.3 is 0 Å². The molecule has 1 saturated carbocycles. The number of carbonyl (C=O) groups excluding carboxylic acids is 1. The van der Waals surface area contributed by atoms with Crippen LogP contribution in [-0.2, 0) is 4.79 Å². The van der Waals surface area contributed by atoms with Gasteiger partial charge in [0, 0.05) is 6.42 Å². The van der Waals surface area contributed by atoms with Gasteiger partial charge in [0.05, 0.1) is 0 Å². The van der Waals surface area contributed by atoms with Crippen LogP contribution in [0.2, 0.25) is 0 Å². The first-order chi connectivity index (χ1) is 9.98. The van der Waals surface area contributed by atoms with Crippen molar-refractivity contribution >= 4 is 5.91 Å². The molecular weight excluding hydrogens is 264 g/mol. The van der Waals surface area contributed by atoms with Gasteiger partial charge in [-0.25, -0.2) is 0 Å². The molecule has 2 unspecified atom stereocenters. The molecule has 0 aliphatic heterocycles. The first kappa shape index (κ1) is 15.8. The molecule has 0 heterocycles. The van der Waals surface area contributed by atoms with E-state index >= 15 is 0 Å². The number of nitrogens with two attached hydrogens (primary N) is 1. The lowest BCUT2D eigenvalue weighted by Crippen LogP contribution is -2.54. The Hall–Kier alpha value is -1.55. The molecular formula is C17H26N2O2. The van der Waals surface area contributed by atoms with Gasteiger partial charge in [-0.15, -0.1) is 0 Å². The molecule has 0 saturated heterocycles. The first-order valence-corrected chi connectivity index (χ1v) is 7.79. The summed E-state index contributed by atoms with van der Waals surface area (Å²) in [5.41, 5.74) is 6.20. The minimum absolute atomic E-state index is 0.0384. The molecule has 21 heavy (non-hydrogen) atoms. The third-order valence-corrected chi connectivity index (χ3v) is 4.29. The summed E-state index contributed by atoms with van der Waals surface area (Å²) in [5.74, 6) is 1.07. The number of rotatable bonds is 6. The van der Waals surface area contributed by atoms with Crippen molar-refractivity contribution in [2.45, 2.75) is 57.6 Å².